The number of allylic oxidation sites excluding steroid dienone is 2. The van der Waals surface area contributed by atoms with Crippen LogP contribution in [0, 0.1) is 0 Å². The molecule has 0 heterocycles. The maximum absolute atomic E-state index is 8.66. The third-order valence-corrected chi connectivity index (χ3v) is 4.50. The van der Waals surface area contributed by atoms with Crippen LogP contribution in [0.15, 0.2) is 12.2 Å². The molecule has 0 fully saturated rings. The molecule has 0 aliphatic rings. The average molecular weight is 391 g/mol. The zero-order valence-electron chi connectivity index (χ0n) is 17.8. The van der Waals surface area contributed by atoms with Crippen molar-refractivity contribution < 1.29 is 25.5 Å². The lowest BCUT2D eigenvalue weighted by molar-refractivity contribution is -0.354. The fourth-order valence-corrected chi connectivity index (χ4v) is 2.63. The van der Waals surface area contributed by atoms with E-state index in [0.717, 1.165) is 6.42 Å². The van der Waals surface area contributed by atoms with E-state index in [0.29, 0.717) is 6.61 Å². The summed E-state index contributed by atoms with van der Waals surface area (Å²) in [6, 6.07) is 0. The molecule has 0 aromatic carbocycles. The van der Waals surface area contributed by atoms with Gasteiger partial charge < -0.3 is 25.5 Å². The van der Waals surface area contributed by atoms with E-state index < -0.39 is 12.1 Å². The minimum absolute atomic E-state index is 0.101. The number of aliphatic hydroxyl groups excluding tert-OH is 2. The first-order valence-electron chi connectivity index (χ1n) is 11.0. The SMILES string of the molecule is CCC(O)C(O)(O)O.CCCCCCCC/C=C\CCCCCCCCO. The molecule has 1 unspecified atom stereocenters. The molecule has 0 aromatic rings. The van der Waals surface area contributed by atoms with Crippen LogP contribution in [0.2, 0.25) is 0 Å². The molecule has 0 spiro atoms. The summed E-state index contributed by atoms with van der Waals surface area (Å²) >= 11 is 0. The molecule has 0 amide bonds. The topological polar surface area (TPSA) is 101 Å². The number of unbranched alkanes of at least 4 members (excludes halogenated alkanes) is 12. The maximum Gasteiger partial charge on any atom is 0.302 e. The van der Waals surface area contributed by atoms with Crippen LogP contribution in [0.25, 0.3) is 0 Å². The van der Waals surface area contributed by atoms with Crippen LogP contribution in [0.5, 0.6) is 0 Å². The number of aliphatic hydroxyl groups is 5. The van der Waals surface area contributed by atoms with Gasteiger partial charge in [-0.3, -0.25) is 0 Å². The molecule has 0 saturated heterocycles. The molecule has 1 atom stereocenters. The van der Waals surface area contributed by atoms with Crippen molar-refractivity contribution in [3.05, 3.63) is 12.2 Å². The Morgan fingerprint density at radius 3 is 1.41 bits per heavy atom. The fourth-order valence-electron chi connectivity index (χ4n) is 2.63. The Balaban J connectivity index is 0. The molecule has 5 N–H and O–H groups in total. The highest BCUT2D eigenvalue weighted by Crippen LogP contribution is 2.09. The van der Waals surface area contributed by atoms with Crippen molar-refractivity contribution in [2.75, 3.05) is 6.61 Å². The molecule has 164 valence electrons. The summed E-state index contributed by atoms with van der Waals surface area (Å²) in [5, 5.41) is 41.5. The van der Waals surface area contributed by atoms with Gasteiger partial charge in [0.05, 0.1) is 0 Å². The molecule has 0 saturated carbocycles. The van der Waals surface area contributed by atoms with Crippen molar-refractivity contribution in [2.24, 2.45) is 0 Å². The van der Waals surface area contributed by atoms with E-state index in [9.17, 15) is 0 Å². The molecule has 0 aliphatic carbocycles. The second kappa shape index (κ2) is 21.8. The van der Waals surface area contributed by atoms with Gasteiger partial charge in [0.15, 0.2) is 0 Å². The van der Waals surface area contributed by atoms with Gasteiger partial charge in [-0.25, -0.2) is 0 Å². The fraction of sp³-hybridized carbons (Fsp3) is 0.909. The van der Waals surface area contributed by atoms with Crippen LogP contribution in [0.3, 0.4) is 0 Å². The van der Waals surface area contributed by atoms with Gasteiger partial charge in [-0.1, -0.05) is 83.8 Å². The van der Waals surface area contributed by atoms with Crippen molar-refractivity contribution >= 4 is 0 Å². The first-order valence-corrected chi connectivity index (χ1v) is 11.0. The smallest absolute Gasteiger partial charge is 0.302 e. The summed E-state index contributed by atoms with van der Waals surface area (Å²) in [7, 11) is 0. The molecule has 0 aromatic heterocycles. The lowest BCUT2D eigenvalue weighted by Gasteiger charge is -2.18. The first kappa shape index (κ1) is 28.7. The van der Waals surface area contributed by atoms with E-state index in [1.54, 1.807) is 0 Å². The number of rotatable bonds is 17. The monoisotopic (exact) mass is 390 g/mol. The van der Waals surface area contributed by atoms with E-state index in [1.165, 1.54) is 90.4 Å². The average Bonchev–Trinajstić information content (AvgIpc) is 2.64. The van der Waals surface area contributed by atoms with Gasteiger partial charge in [-0.2, -0.15) is 0 Å². The van der Waals surface area contributed by atoms with Crippen LogP contribution < -0.4 is 0 Å². The summed E-state index contributed by atoms with van der Waals surface area (Å²) in [6.45, 7) is 4.15. The lowest BCUT2D eigenvalue weighted by Crippen LogP contribution is -2.41. The maximum atomic E-state index is 8.66. The predicted molar refractivity (Wildman–Crippen MR) is 112 cm³/mol. The number of hydrogen-bond acceptors (Lipinski definition) is 5. The minimum atomic E-state index is -2.94. The standard InChI is InChI=1S/C18H36O.C4H10O4/c1-2-3-4-5-6-7-8-9-10-11-12-13-14-15-16-17-18-19;1-2-3(5)4(6,7)8/h9-10,19H,2-8,11-18H2,1H3;3,5-8H,2H2,1H3/b10-9-;. The third kappa shape index (κ3) is 25.5. The Hall–Kier alpha value is -0.460. The Kier molecular flexibility index (Phi) is 23.2. The highest BCUT2D eigenvalue weighted by Gasteiger charge is 2.27. The Labute approximate surface area is 167 Å². The summed E-state index contributed by atoms with van der Waals surface area (Å²) in [5.41, 5.74) is 0. The largest absolute Gasteiger partial charge is 0.396 e. The van der Waals surface area contributed by atoms with E-state index in [2.05, 4.69) is 19.1 Å². The van der Waals surface area contributed by atoms with Crippen molar-refractivity contribution in [1.82, 2.24) is 0 Å². The van der Waals surface area contributed by atoms with E-state index >= 15 is 0 Å². The van der Waals surface area contributed by atoms with Crippen molar-refractivity contribution in [3.8, 4) is 0 Å². The van der Waals surface area contributed by atoms with Gasteiger partial charge in [0, 0.05) is 6.61 Å². The summed E-state index contributed by atoms with van der Waals surface area (Å²) in [5.74, 6) is -2.94. The van der Waals surface area contributed by atoms with E-state index in [-0.39, 0.29) is 6.42 Å². The van der Waals surface area contributed by atoms with Gasteiger partial charge >= 0.3 is 5.97 Å². The molecule has 0 rings (SSSR count). The van der Waals surface area contributed by atoms with Crippen molar-refractivity contribution in [3.63, 3.8) is 0 Å². The predicted octanol–water partition coefficient (Wildman–Crippen LogP) is 4.40. The molecule has 5 nitrogen and oxygen atoms in total. The summed E-state index contributed by atoms with van der Waals surface area (Å²) in [6.07, 6.45) is 21.8. The molecular formula is C22H46O5. The van der Waals surface area contributed by atoms with Crippen LogP contribution in [0.1, 0.15) is 110 Å². The molecule has 5 heteroatoms. The van der Waals surface area contributed by atoms with Crippen molar-refractivity contribution in [1.29, 1.82) is 0 Å². The second-order valence-electron chi connectivity index (χ2n) is 7.27. The zero-order chi connectivity index (χ0) is 20.8. The van der Waals surface area contributed by atoms with Crippen molar-refractivity contribution in [2.45, 2.75) is 122 Å². The molecule has 0 aliphatic heterocycles. The lowest BCUT2D eigenvalue weighted by atomic mass is 10.1. The van der Waals surface area contributed by atoms with Crippen LogP contribution in [-0.4, -0.2) is 44.2 Å². The first-order chi connectivity index (χ1) is 12.9. The van der Waals surface area contributed by atoms with E-state index in [1.807, 2.05) is 0 Å². The molecular weight excluding hydrogens is 344 g/mol. The highest BCUT2D eigenvalue weighted by atomic mass is 16.7. The quantitative estimate of drug-likeness (QED) is 0.144. The second-order valence-corrected chi connectivity index (χ2v) is 7.27. The van der Waals surface area contributed by atoms with Gasteiger partial charge in [-0.05, 0) is 38.5 Å². The Bertz CT molecular complexity index is 300. The van der Waals surface area contributed by atoms with Crippen LogP contribution >= 0.6 is 0 Å². The van der Waals surface area contributed by atoms with E-state index in [4.69, 9.17) is 25.5 Å². The molecule has 27 heavy (non-hydrogen) atoms. The number of hydrogen-bond donors (Lipinski definition) is 5. The summed E-state index contributed by atoms with van der Waals surface area (Å²) < 4.78 is 0. The van der Waals surface area contributed by atoms with Gasteiger partial charge in [-0.15, -0.1) is 0 Å². The van der Waals surface area contributed by atoms with Gasteiger partial charge in [0.1, 0.15) is 6.10 Å². The summed E-state index contributed by atoms with van der Waals surface area (Å²) in [4.78, 5) is 0. The van der Waals surface area contributed by atoms with Gasteiger partial charge in [0.25, 0.3) is 0 Å². The minimum Gasteiger partial charge on any atom is -0.396 e. The Morgan fingerprint density at radius 1 is 0.667 bits per heavy atom. The molecule has 0 radical (unpaired) electrons. The van der Waals surface area contributed by atoms with Crippen LogP contribution in [0.4, 0.5) is 0 Å². The normalized spacial score (nSPS) is 12.9. The third-order valence-electron chi connectivity index (χ3n) is 4.50. The Morgan fingerprint density at radius 2 is 1.07 bits per heavy atom. The van der Waals surface area contributed by atoms with Crippen LogP contribution in [-0.2, 0) is 0 Å². The van der Waals surface area contributed by atoms with Gasteiger partial charge in [0.2, 0.25) is 0 Å². The highest BCUT2D eigenvalue weighted by molar-refractivity contribution is 4.81. The molecule has 0 bridgehead atoms. The zero-order valence-corrected chi connectivity index (χ0v) is 17.8.